The van der Waals surface area contributed by atoms with Gasteiger partial charge in [0.15, 0.2) is 11.6 Å². The van der Waals surface area contributed by atoms with Crippen LogP contribution in [0.1, 0.15) is 26.7 Å². The van der Waals surface area contributed by atoms with Gasteiger partial charge in [-0.15, -0.1) is 0 Å². The molecule has 0 saturated heterocycles. The highest BCUT2D eigenvalue weighted by atomic mass is 79.9. The van der Waals surface area contributed by atoms with Gasteiger partial charge in [0.05, 0.1) is 0 Å². The molecule has 0 spiro atoms. The molecule has 0 bridgehead atoms. The van der Waals surface area contributed by atoms with Gasteiger partial charge < -0.3 is 10.1 Å². The van der Waals surface area contributed by atoms with Crippen molar-refractivity contribution >= 4 is 15.9 Å². The third-order valence-electron chi connectivity index (χ3n) is 2.67. The van der Waals surface area contributed by atoms with Gasteiger partial charge in [0, 0.05) is 17.1 Å². The van der Waals surface area contributed by atoms with Gasteiger partial charge >= 0.3 is 0 Å². The molecule has 0 radical (unpaired) electrons. The lowest BCUT2D eigenvalue weighted by atomic mass is 10.2. The molecule has 96 valence electrons. The summed E-state index contributed by atoms with van der Waals surface area (Å²) in [4.78, 5) is 0. The number of hydrogen-bond acceptors (Lipinski definition) is 2. The first-order valence-corrected chi connectivity index (χ1v) is 6.77. The summed E-state index contributed by atoms with van der Waals surface area (Å²) in [6, 6.07) is 5.33. The van der Waals surface area contributed by atoms with Gasteiger partial charge in [-0.1, -0.05) is 29.8 Å². The molecule has 0 aromatic heterocycles. The molecule has 0 fully saturated rings. The highest BCUT2D eigenvalue weighted by molar-refractivity contribution is 9.10. The minimum Gasteiger partial charge on any atom is -0.489 e. The van der Waals surface area contributed by atoms with E-state index in [1.807, 2.05) is 0 Å². The fourth-order valence-electron chi connectivity index (χ4n) is 1.59. The fraction of sp³-hybridized carbons (Fsp3) is 0.538. The summed E-state index contributed by atoms with van der Waals surface area (Å²) in [5.41, 5.74) is 0. The van der Waals surface area contributed by atoms with E-state index in [2.05, 4.69) is 35.1 Å². The predicted octanol–water partition coefficient (Wildman–Crippen LogP) is 3.75. The van der Waals surface area contributed by atoms with Crippen LogP contribution in [0.25, 0.3) is 0 Å². The fourth-order valence-corrected chi connectivity index (χ4v) is 1.93. The molecule has 17 heavy (non-hydrogen) atoms. The van der Waals surface area contributed by atoms with Crippen molar-refractivity contribution in [3.05, 3.63) is 28.5 Å². The summed E-state index contributed by atoms with van der Waals surface area (Å²) >= 11 is 3.21. The van der Waals surface area contributed by atoms with Gasteiger partial charge in [-0.3, -0.25) is 0 Å². The van der Waals surface area contributed by atoms with Gasteiger partial charge in [0.1, 0.15) is 6.61 Å². The maximum absolute atomic E-state index is 13.4. The average molecular weight is 304 g/mol. The molecule has 1 N–H and O–H groups in total. The van der Waals surface area contributed by atoms with Crippen LogP contribution in [-0.2, 0) is 0 Å². The van der Waals surface area contributed by atoms with Crippen LogP contribution in [0, 0.1) is 5.82 Å². The summed E-state index contributed by atoms with van der Waals surface area (Å²) in [6.07, 6.45) is 2.20. The third kappa shape index (κ3) is 5.04. The number of halogens is 2. The quantitative estimate of drug-likeness (QED) is 0.775. The molecule has 4 heteroatoms. The van der Waals surface area contributed by atoms with Crippen LogP contribution in [0.15, 0.2) is 22.7 Å². The molecule has 0 aliphatic rings. The molecule has 0 unspecified atom stereocenters. The molecule has 1 aromatic carbocycles. The molecular weight excluding hydrogens is 285 g/mol. The lowest BCUT2D eigenvalue weighted by Crippen LogP contribution is -2.31. The van der Waals surface area contributed by atoms with Crippen molar-refractivity contribution in [2.24, 2.45) is 0 Å². The molecule has 0 aliphatic carbocycles. The molecule has 0 saturated carbocycles. The molecule has 0 amide bonds. The lowest BCUT2D eigenvalue weighted by Gasteiger charge is -2.15. The van der Waals surface area contributed by atoms with Gasteiger partial charge in [-0.25, -0.2) is 4.39 Å². The highest BCUT2D eigenvalue weighted by Crippen LogP contribution is 2.21. The second-order valence-corrected chi connectivity index (χ2v) is 4.81. The summed E-state index contributed by atoms with van der Waals surface area (Å²) in [7, 11) is 0. The first-order chi connectivity index (χ1) is 8.17. The zero-order valence-corrected chi connectivity index (χ0v) is 11.9. The second kappa shape index (κ2) is 7.67. The van der Waals surface area contributed by atoms with Crippen LogP contribution in [-0.4, -0.2) is 19.2 Å². The van der Waals surface area contributed by atoms with E-state index in [-0.39, 0.29) is 5.82 Å². The Labute approximate surface area is 111 Å². The van der Waals surface area contributed by atoms with Crippen LogP contribution in [0.3, 0.4) is 0 Å². The molecule has 0 aliphatic heterocycles. The van der Waals surface area contributed by atoms with Crippen molar-refractivity contribution in [2.75, 3.05) is 13.2 Å². The van der Waals surface area contributed by atoms with Gasteiger partial charge in [0.2, 0.25) is 0 Å². The molecule has 2 nitrogen and oxygen atoms in total. The maximum atomic E-state index is 13.4. The largest absolute Gasteiger partial charge is 0.489 e. The van der Waals surface area contributed by atoms with Crippen LogP contribution < -0.4 is 10.1 Å². The van der Waals surface area contributed by atoms with E-state index in [1.54, 1.807) is 12.1 Å². The molecule has 1 rings (SSSR count). The Kier molecular flexibility index (Phi) is 6.52. The Balaban J connectivity index is 2.31. The summed E-state index contributed by atoms with van der Waals surface area (Å²) < 4.78 is 19.5. The number of benzene rings is 1. The standard InChI is InChI=1S/C13H19BrFNO/c1-3-11(4-2)16-7-8-17-13-6-5-10(14)9-12(13)15/h5-6,9,11,16H,3-4,7-8H2,1-2H3. The number of ether oxygens (including phenoxy) is 1. The van der Waals surface area contributed by atoms with Gasteiger partial charge in [-0.2, -0.15) is 0 Å². The number of rotatable bonds is 7. The minimum absolute atomic E-state index is 0.305. The first-order valence-electron chi connectivity index (χ1n) is 5.98. The van der Waals surface area contributed by atoms with E-state index in [1.165, 1.54) is 6.07 Å². The van der Waals surface area contributed by atoms with Crippen LogP contribution >= 0.6 is 15.9 Å². The predicted molar refractivity (Wildman–Crippen MR) is 72.0 cm³/mol. The molecule has 1 aromatic rings. The third-order valence-corrected chi connectivity index (χ3v) is 3.17. The van der Waals surface area contributed by atoms with E-state index in [9.17, 15) is 4.39 Å². The van der Waals surface area contributed by atoms with E-state index < -0.39 is 0 Å². The Morgan fingerprint density at radius 2 is 2.06 bits per heavy atom. The highest BCUT2D eigenvalue weighted by Gasteiger charge is 2.04. The van der Waals surface area contributed by atoms with E-state index in [4.69, 9.17) is 4.74 Å². The van der Waals surface area contributed by atoms with Crippen molar-refractivity contribution in [2.45, 2.75) is 32.7 Å². The maximum Gasteiger partial charge on any atom is 0.166 e. The zero-order chi connectivity index (χ0) is 12.7. The topological polar surface area (TPSA) is 21.3 Å². The van der Waals surface area contributed by atoms with E-state index in [0.717, 1.165) is 23.9 Å². The van der Waals surface area contributed by atoms with Gasteiger partial charge in [0.25, 0.3) is 0 Å². The van der Waals surface area contributed by atoms with Crippen molar-refractivity contribution in [3.63, 3.8) is 0 Å². The van der Waals surface area contributed by atoms with Crippen molar-refractivity contribution in [1.82, 2.24) is 5.32 Å². The Bertz CT molecular complexity index is 342. The SMILES string of the molecule is CCC(CC)NCCOc1ccc(Br)cc1F. The van der Waals surface area contributed by atoms with Crippen molar-refractivity contribution in [3.8, 4) is 5.75 Å². The number of nitrogens with one attached hydrogen (secondary N) is 1. The minimum atomic E-state index is -0.332. The average Bonchev–Trinajstić information content (AvgIpc) is 2.32. The normalized spacial score (nSPS) is 10.9. The molecule has 0 atom stereocenters. The van der Waals surface area contributed by atoms with Crippen molar-refractivity contribution in [1.29, 1.82) is 0 Å². The Morgan fingerprint density at radius 3 is 2.65 bits per heavy atom. The zero-order valence-electron chi connectivity index (χ0n) is 10.3. The van der Waals surface area contributed by atoms with Crippen molar-refractivity contribution < 1.29 is 9.13 Å². The Morgan fingerprint density at radius 1 is 1.35 bits per heavy atom. The smallest absolute Gasteiger partial charge is 0.166 e. The summed E-state index contributed by atoms with van der Waals surface area (Å²) in [6.45, 7) is 5.52. The van der Waals surface area contributed by atoms with Gasteiger partial charge in [-0.05, 0) is 31.0 Å². The Hall–Kier alpha value is -0.610. The summed E-state index contributed by atoms with van der Waals surface area (Å²) in [5.74, 6) is -0.0264. The van der Waals surface area contributed by atoms with E-state index in [0.29, 0.717) is 18.4 Å². The van der Waals surface area contributed by atoms with E-state index >= 15 is 0 Å². The molecular formula is C13H19BrFNO. The van der Waals surface area contributed by atoms with Crippen LogP contribution in [0.4, 0.5) is 4.39 Å². The van der Waals surface area contributed by atoms with Crippen LogP contribution in [0.5, 0.6) is 5.75 Å². The number of hydrogen-bond donors (Lipinski definition) is 1. The first kappa shape index (κ1) is 14.5. The summed E-state index contributed by atoms with van der Waals surface area (Å²) in [5, 5.41) is 3.36. The van der Waals surface area contributed by atoms with Crippen LogP contribution in [0.2, 0.25) is 0 Å². The lowest BCUT2D eigenvalue weighted by molar-refractivity contribution is 0.289. The molecule has 0 heterocycles. The second-order valence-electron chi connectivity index (χ2n) is 3.89. The monoisotopic (exact) mass is 303 g/mol.